The molecule has 2 amide bonds. The van der Waals surface area contributed by atoms with Gasteiger partial charge in [0.25, 0.3) is 0 Å². The number of anilines is 2. The zero-order chi connectivity index (χ0) is 30.2. The SMILES string of the molecule is Cc1oc(C)c(-c2nc(N(C(=O)C(CC(=O)O)CC3CCOCC3)C3CC3)sc2F)c1-c1ccc(N2CCCC2=O)nc1. The maximum Gasteiger partial charge on any atom is 0.304 e. The second-order valence-corrected chi connectivity index (χ2v) is 12.6. The lowest BCUT2D eigenvalue weighted by atomic mass is 9.86. The van der Waals surface area contributed by atoms with Gasteiger partial charge in [0.2, 0.25) is 16.9 Å². The molecule has 1 atom stereocenters. The van der Waals surface area contributed by atoms with E-state index in [1.54, 1.807) is 31.0 Å². The molecule has 0 spiro atoms. The number of nitrogens with zero attached hydrogens (tertiary/aromatic N) is 4. The molecule has 0 radical (unpaired) electrons. The predicted molar refractivity (Wildman–Crippen MR) is 158 cm³/mol. The molecule has 1 unspecified atom stereocenters. The van der Waals surface area contributed by atoms with Gasteiger partial charge >= 0.3 is 5.97 Å². The van der Waals surface area contributed by atoms with E-state index >= 15 is 4.39 Å². The first-order valence-corrected chi connectivity index (χ1v) is 15.7. The molecule has 1 aliphatic carbocycles. The quantitative estimate of drug-likeness (QED) is 0.308. The molecule has 5 heterocycles. The second-order valence-electron chi connectivity index (χ2n) is 11.7. The predicted octanol–water partition coefficient (Wildman–Crippen LogP) is 5.75. The number of hydrogen-bond acceptors (Lipinski definition) is 8. The highest BCUT2D eigenvalue weighted by Crippen LogP contribution is 2.45. The summed E-state index contributed by atoms with van der Waals surface area (Å²) in [6.07, 6.45) is 6.21. The van der Waals surface area contributed by atoms with E-state index in [9.17, 15) is 19.5 Å². The number of aliphatic carboxylic acids is 1. The average molecular weight is 611 g/mol. The van der Waals surface area contributed by atoms with E-state index in [4.69, 9.17) is 9.15 Å². The molecule has 6 rings (SSSR count). The number of aromatic nitrogens is 2. The molecule has 1 saturated carbocycles. The second kappa shape index (κ2) is 12.2. The zero-order valence-corrected chi connectivity index (χ0v) is 25.1. The van der Waals surface area contributed by atoms with Crippen molar-refractivity contribution in [3.05, 3.63) is 35.0 Å². The summed E-state index contributed by atoms with van der Waals surface area (Å²) in [6, 6.07) is 3.49. The number of carbonyl (C=O) groups is 3. The fraction of sp³-hybridized carbons (Fsp3) is 0.516. The summed E-state index contributed by atoms with van der Waals surface area (Å²) in [5.74, 6) is -0.199. The van der Waals surface area contributed by atoms with Crippen molar-refractivity contribution >= 4 is 40.1 Å². The Balaban J connectivity index is 1.32. The largest absolute Gasteiger partial charge is 0.481 e. The van der Waals surface area contributed by atoms with Crippen molar-refractivity contribution in [3.63, 3.8) is 0 Å². The van der Waals surface area contributed by atoms with Gasteiger partial charge in [0, 0.05) is 55.5 Å². The highest BCUT2D eigenvalue weighted by atomic mass is 32.1. The van der Waals surface area contributed by atoms with Gasteiger partial charge < -0.3 is 14.3 Å². The summed E-state index contributed by atoms with van der Waals surface area (Å²) in [6.45, 7) is 5.38. The molecule has 3 fully saturated rings. The molecule has 10 nitrogen and oxygen atoms in total. The van der Waals surface area contributed by atoms with Gasteiger partial charge in [-0.1, -0.05) is 11.3 Å². The lowest BCUT2D eigenvalue weighted by Crippen LogP contribution is -2.40. The van der Waals surface area contributed by atoms with Crippen molar-refractivity contribution in [2.45, 2.75) is 71.3 Å². The van der Waals surface area contributed by atoms with Gasteiger partial charge in [0.15, 0.2) is 5.13 Å². The minimum absolute atomic E-state index is 0.0430. The molecule has 43 heavy (non-hydrogen) atoms. The van der Waals surface area contributed by atoms with Crippen molar-refractivity contribution in [3.8, 4) is 22.4 Å². The van der Waals surface area contributed by atoms with E-state index in [1.807, 2.05) is 6.07 Å². The molecular weight excluding hydrogens is 575 g/mol. The van der Waals surface area contributed by atoms with Gasteiger partial charge in [0.05, 0.1) is 12.0 Å². The fourth-order valence-electron chi connectivity index (χ4n) is 6.28. The number of rotatable bonds is 10. The third-order valence-electron chi connectivity index (χ3n) is 8.54. The van der Waals surface area contributed by atoms with Gasteiger partial charge in [-0.2, -0.15) is 4.39 Å². The summed E-state index contributed by atoms with van der Waals surface area (Å²) in [7, 11) is 0. The first-order valence-electron chi connectivity index (χ1n) is 14.9. The Kier molecular flexibility index (Phi) is 8.32. The number of ether oxygens (including phenoxy) is 1. The number of furan rings is 1. The van der Waals surface area contributed by atoms with Gasteiger partial charge in [-0.15, -0.1) is 0 Å². The number of pyridine rings is 1. The Morgan fingerprint density at radius 1 is 1.16 bits per heavy atom. The van der Waals surface area contributed by atoms with Gasteiger partial charge in [-0.25, -0.2) is 9.97 Å². The van der Waals surface area contributed by atoms with E-state index in [0.29, 0.717) is 66.6 Å². The number of halogens is 1. The van der Waals surface area contributed by atoms with E-state index in [-0.39, 0.29) is 41.0 Å². The summed E-state index contributed by atoms with van der Waals surface area (Å²) in [5.41, 5.74) is 1.91. The molecule has 2 saturated heterocycles. The first-order chi connectivity index (χ1) is 20.7. The summed E-state index contributed by atoms with van der Waals surface area (Å²) in [5, 5.41) is 9.30. The maximum absolute atomic E-state index is 15.8. The summed E-state index contributed by atoms with van der Waals surface area (Å²) >= 11 is 0.796. The molecule has 3 aliphatic rings. The monoisotopic (exact) mass is 610 g/mol. The Labute approximate surface area is 252 Å². The Bertz CT molecular complexity index is 1530. The number of carbonyl (C=O) groups excluding carboxylic acids is 2. The van der Waals surface area contributed by atoms with Gasteiger partial charge in [-0.3, -0.25) is 24.2 Å². The Morgan fingerprint density at radius 2 is 1.91 bits per heavy atom. The van der Waals surface area contributed by atoms with Crippen molar-refractivity contribution in [1.82, 2.24) is 9.97 Å². The topological polar surface area (TPSA) is 126 Å². The van der Waals surface area contributed by atoms with Crippen molar-refractivity contribution in [2.24, 2.45) is 11.8 Å². The molecule has 12 heteroatoms. The van der Waals surface area contributed by atoms with Crippen molar-refractivity contribution in [2.75, 3.05) is 29.6 Å². The standard InChI is InChI=1S/C31H35FN4O6S/c1-17-26(20-5-8-23(33-16-20)35-11-3-4-24(35)37)27(18(2)42-17)28-29(32)43-31(34-28)36(22-6-7-22)30(40)21(15-25(38)39)14-19-9-12-41-13-10-19/h5,8,16,19,21-22H,3-4,6-7,9-15H2,1-2H3,(H,38,39). The summed E-state index contributed by atoms with van der Waals surface area (Å²) < 4.78 is 27.2. The van der Waals surface area contributed by atoms with Crippen LogP contribution >= 0.6 is 11.3 Å². The van der Waals surface area contributed by atoms with Crippen LogP contribution in [0.5, 0.6) is 0 Å². The smallest absolute Gasteiger partial charge is 0.304 e. The number of carboxylic acids is 1. The first kappa shape index (κ1) is 29.4. The molecule has 0 bridgehead atoms. The van der Waals surface area contributed by atoms with E-state index in [0.717, 1.165) is 43.4 Å². The van der Waals surface area contributed by atoms with Crippen molar-refractivity contribution < 1.29 is 33.0 Å². The third-order valence-corrected chi connectivity index (χ3v) is 9.39. The number of carboxylic acid groups (broad SMARTS) is 1. The highest BCUT2D eigenvalue weighted by Gasteiger charge is 2.41. The average Bonchev–Trinajstić information content (AvgIpc) is 3.49. The van der Waals surface area contributed by atoms with Crippen LogP contribution < -0.4 is 9.80 Å². The van der Waals surface area contributed by atoms with Crippen molar-refractivity contribution in [1.29, 1.82) is 0 Å². The van der Waals surface area contributed by atoms with E-state index in [2.05, 4.69) is 9.97 Å². The molecule has 228 valence electrons. The van der Waals surface area contributed by atoms with Gasteiger partial charge in [-0.05, 0) is 70.4 Å². The van der Waals surface area contributed by atoms with Crippen LogP contribution in [0.3, 0.4) is 0 Å². The van der Waals surface area contributed by atoms with Crippen LogP contribution in [-0.2, 0) is 19.1 Å². The molecule has 3 aromatic heterocycles. The zero-order valence-electron chi connectivity index (χ0n) is 24.3. The lowest BCUT2D eigenvalue weighted by molar-refractivity contribution is -0.141. The van der Waals surface area contributed by atoms with Crippen LogP contribution in [0, 0.1) is 30.8 Å². The highest BCUT2D eigenvalue weighted by molar-refractivity contribution is 7.14. The van der Waals surface area contributed by atoms with Crippen LogP contribution in [0.2, 0.25) is 0 Å². The molecule has 0 aromatic carbocycles. The van der Waals surface area contributed by atoms with E-state index in [1.165, 1.54) is 4.90 Å². The maximum atomic E-state index is 15.8. The molecular formula is C31H35FN4O6S. The fourth-order valence-corrected chi connectivity index (χ4v) is 7.15. The lowest BCUT2D eigenvalue weighted by Gasteiger charge is -2.29. The minimum atomic E-state index is -1.03. The van der Waals surface area contributed by atoms with Crippen LogP contribution in [0.25, 0.3) is 22.4 Å². The molecule has 1 N–H and O–H groups in total. The normalized spacial score (nSPS) is 18.3. The number of thiazole rings is 1. The van der Waals surface area contributed by atoms with Crippen LogP contribution in [0.4, 0.5) is 15.3 Å². The van der Waals surface area contributed by atoms with Crippen LogP contribution in [-0.4, -0.2) is 58.7 Å². The van der Waals surface area contributed by atoms with Gasteiger partial charge in [0.1, 0.15) is 23.0 Å². The van der Waals surface area contributed by atoms with Crippen LogP contribution in [0.1, 0.15) is 62.9 Å². The minimum Gasteiger partial charge on any atom is -0.481 e. The van der Waals surface area contributed by atoms with Crippen LogP contribution in [0.15, 0.2) is 22.7 Å². The molecule has 2 aliphatic heterocycles. The molecule has 3 aromatic rings. The Hall–Kier alpha value is -3.64. The third kappa shape index (κ3) is 6.08. The van der Waals surface area contributed by atoms with E-state index < -0.39 is 17.0 Å². The Morgan fingerprint density at radius 3 is 2.53 bits per heavy atom. The number of hydrogen-bond donors (Lipinski definition) is 1. The number of amides is 2. The number of aryl methyl sites for hydroxylation is 2. The summed E-state index contributed by atoms with van der Waals surface area (Å²) in [4.78, 5) is 50.3.